The first-order chi connectivity index (χ1) is 16.5. The lowest BCUT2D eigenvalue weighted by Crippen LogP contribution is -2.20. The van der Waals surface area contributed by atoms with E-state index in [1.807, 2.05) is 0 Å². The molecule has 0 fully saturated rings. The van der Waals surface area contributed by atoms with Crippen LogP contribution in [0.4, 0.5) is 0 Å². The van der Waals surface area contributed by atoms with Crippen molar-refractivity contribution in [2.45, 2.75) is 148 Å². The van der Waals surface area contributed by atoms with Gasteiger partial charge < -0.3 is 0 Å². The van der Waals surface area contributed by atoms with Crippen molar-refractivity contribution in [3.63, 3.8) is 0 Å². The van der Waals surface area contributed by atoms with E-state index >= 15 is 0 Å². The summed E-state index contributed by atoms with van der Waals surface area (Å²) < 4.78 is 0.553. The van der Waals surface area contributed by atoms with Crippen molar-refractivity contribution < 1.29 is 0 Å². The smallest absolute Gasteiger partial charge is 0.0751 e. The van der Waals surface area contributed by atoms with E-state index in [-0.39, 0.29) is 10.8 Å². The highest BCUT2D eigenvalue weighted by atomic mass is 32.2. The molecule has 0 aliphatic heterocycles. The Kier molecular flexibility index (Phi) is 16.9. The molecule has 1 aromatic rings. The van der Waals surface area contributed by atoms with Crippen molar-refractivity contribution >= 4 is 36.2 Å². The zero-order valence-corrected chi connectivity index (χ0v) is 27.1. The molecule has 35 heavy (non-hydrogen) atoms. The van der Waals surface area contributed by atoms with Gasteiger partial charge in [-0.05, 0) is 76.5 Å². The minimum atomic E-state index is 0.173. The van der Waals surface area contributed by atoms with Gasteiger partial charge >= 0.3 is 0 Å². The molecule has 0 spiro atoms. The lowest BCUT2D eigenvalue weighted by Gasteiger charge is -2.31. The number of hydrogen-bond donors (Lipinski definition) is 1. The number of thioether (sulfide) groups is 2. The summed E-state index contributed by atoms with van der Waals surface area (Å²) in [5.74, 6) is 3.61. The second kappa shape index (κ2) is 17.7. The number of thiol groups is 1. The van der Waals surface area contributed by atoms with Crippen LogP contribution in [0.1, 0.15) is 152 Å². The Balaban J connectivity index is 2.93. The minimum absolute atomic E-state index is 0.173. The summed E-state index contributed by atoms with van der Waals surface area (Å²) in [6, 6.07) is 5.13. The summed E-state index contributed by atoms with van der Waals surface area (Å²) >= 11 is 8.76. The summed E-state index contributed by atoms with van der Waals surface area (Å²) in [6.07, 6.45) is 16.4. The van der Waals surface area contributed by atoms with E-state index in [2.05, 4.69) is 104 Å². The molecule has 0 N–H and O–H groups in total. The predicted molar refractivity (Wildman–Crippen MR) is 171 cm³/mol. The third-order valence-corrected chi connectivity index (χ3v) is 10.2. The molecule has 1 unspecified atom stereocenters. The van der Waals surface area contributed by atoms with Crippen molar-refractivity contribution in [3.05, 3.63) is 34.4 Å². The fraction of sp³-hybridized carbons (Fsp3) is 0.812. The van der Waals surface area contributed by atoms with Crippen molar-refractivity contribution in [1.82, 2.24) is 0 Å². The Morgan fingerprint density at radius 2 is 1.06 bits per heavy atom. The highest BCUT2D eigenvalue weighted by Gasteiger charge is 2.26. The van der Waals surface area contributed by atoms with Crippen LogP contribution in [-0.4, -0.2) is 17.3 Å². The second-order valence-electron chi connectivity index (χ2n) is 12.4. The van der Waals surface area contributed by atoms with E-state index in [1.165, 1.54) is 105 Å². The Morgan fingerprint density at radius 3 is 1.46 bits per heavy atom. The maximum atomic E-state index is 4.34. The van der Waals surface area contributed by atoms with Crippen molar-refractivity contribution in [2.75, 3.05) is 17.3 Å². The van der Waals surface area contributed by atoms with Crippen LogP contribution in [-0.2, 0) is 10.8 Å². The van der Waals surface area contributed by atoms with Crippen molar-refractivity contribution in [1.29, 1.82) is 0 Å². The Morgan fingerprint density at radius 1 is 0.657 bits per heavy atom. The number of rotatable bonds is 18. The fourth-order valence-corrected chi connectivity index (χ4v) is 7.87. The molecule has 0 heterocycles. The number of benzene rings is 1. The molecule has 1 aromatic carbocycles. The van der Waals surface area contributed by atoms with Gasteiger partial charge in [0.05, 0.1) is 4.58 Å². The van der Waals surface area contributed by atoms with Gasteiger partial charge in [-0.25, -0.2) is 0 Å². The normalized spacial score (nSPS) is 13.4. The quantitative estimate of drug-likeness (QED) is 0.112. The monoisotopic (exact) mass is 538 g/mol. The molecule has 0 saturated heterocycles. The molecule has 0 aliphatic carbocycles. The SMILES string of the molecule is CCCCCCCCSC(SCCCCCCCCS)c1cc(C(C)(C)C)c(C)c(C(C)(C)C)c1. The lowest BCUT2D eigenvalue weighted by atomic mass is 9.76. The van der Waals surface area contributed by atoms with E-state index in [0.717, 1.165) is 5.75 Å². The molecule has 0 aliphatic rings. The minimum Gasteiger partial charge on any atom is -0.179 e. The summed E-state index contributed by atoms with van der Waals surface area (Å²) in [6.45, 7) is 18.9. The number of unbranched alkanes of at least 4 members (excludes halogenated alkanes) is 10. The van der Waals surface area contributed by atoms with Gasteiger partial charge in [0.1, 0.15) is 0 Å². The molecule has 0 aromatic heterocycles. The van der Waals surface area contributed by atoms with Crippen molar-refractivity contribution in [2.24, 2.45) is 0 Å². The highest BCUT2D eigenvalue weighted by Crippen LogP contribution is 2.44. The van der Waals surface area contributed by atoms with E-state index < -0.39 is 0 Å². The average Bonchev–Trinajstić information content (AvgIpc) is 2.77. The Labute approximate surface area is 234 Å². The first-order valence-corrected chi connectivity index (χ1v) is 17.2. The van der Waals surface area contributed by atoms with E-state index in [4.69, 9.17) is 0 Å². The Bertz CT molecular complexity index is 646. The van der Waals surface area contributed by atoms with Crippen LogP contribution in [0.3, 0.4) is 0 Å². The molecule has 0 radical (unpaired) electrons. The summed E-state index contributed by atoms with van der Waals surface area (Å²) in [4.78, 5) is 0. The molecule has 0 nitrogen and oxygen atoms in total. The first-order valence-electron chi connectivity index (χ1n) is 14.5. The zero-order chi connectivity index (χ0) is 26.3. The van der Waals surface area contributed by atoms with Gasteiger partial charge in [0.25, 0.3) is 0 Å². The summed E-state index contributed by atoms with van der Waals surface area (Å²) in [5.41, 5.74) is 6.48. The van der Waals surface area contributed by atoms with Crippen LogP contribution in [0.2, 0.25) is 0 Å². The third kappa shape index (κ3) is 13.6. The molecular formula is C32H58S3. The Hall–Kier alpha value is 0.270. The highest BCUT2D eigenvalue weighted by molar-refractivity contribution is 8.16. The van der Waals surface area contributed by atoms with Crippen LogP contribution in [0.15, 0.2) is 12.1 Å². The van der Waals surface area contributed by atoms with Crippen LogP contribution in [0.25, 0.3) is 0 Å². The maximum Gasteiger partial charge on any atom is 0.0751 e. The topological polar surface area (TPSA) is 0 Å². The molecule has 0 amide bonds. The van der Waals surface area contributed by atoms with Gasteiger partial charge in [-0.3, -0.25) is 0 Å². The van der Waals surface area contributed by atoms with Gasteiger partial charge in [0, 0.05) is 0 Å². The third-order valence-electron chi connectivity index (χ3n) is 6.91. The largest absolute Gasteiger partial charge is 0.179 e. The maximum absolute atomic E-state index is 4.34. The molecule has 0 saturated carbocycles. The predicted octanol–water partition coefficient (Wildman–Crippen LogP) is 11.7. The van der Waals surface area contributed by atoms with E-state index in [1.54, 1.807) is 5.56 Å². The van der Waals surface area contributed by atoms with Crippen LogP contribution >= 0.6 is 36.2 Å². The fourth-order valence-electron chi connectivity index (χ4n) is 4.86. The van der Waals surface area contributed by atoms with E-state index in [0.29, 0.717) is 4.58 Å². The van der Waals surface area contributed by atoms with Gasteiger partial charge in [-0.1, -0.05) is 118 Å². The van der Waals surface area contributed by atoms with Crippen LogP contribution in [0.5, 0.6) is 0 Å². The van der Waals surface area contributed by atoms with Crippen molar-refractivity contribution in [3.8, 4) is 0 Å². The molecule has 1 rings (SSSR count). The standard InChI is InChI=1S/C32H58S3/c1-9-10-11-12-16-19-22-34-30(35-23-20-17-14-13-15-18-21-33)27-24-28(31(3,4)5)26(2)29(25-27)32(6,7)8/h24-25,30,33H,9-23H2,1-8H3. The molecule has 0 bridgehead atoms. The summed E-state index contributed by atoms with van der Waals surface area (Å²) in [7, 11) is 0. The average molecular weight is 539 g/mol. The van der Waals surface area contributed by atoms with Gasteiger partial charge in [0.2, 0.25) is 0 Å². The molecule has 3 heteroatoms. The van der Waals surface area contributed by atoms with Gasteiger partial charge in [-0.15, -0.1) is 23.5 Å². The molecule has 204 valence electrons. The van der Waals surface area contributed by atoms with Crippen LogP contribution < -0.4 is 0 Å². The second-order valence-corrected chi connectivity index (χ2v) is 15.6. The summed E-state index contributed by atoms with van der Waals surface area (Å²) in [5, 5.41) is 0. The molecular weight excluding hydrogens is 481 g/mol. The van der Waals surface area contributed by atoms with Gasteiger partial charge in [0.15, 0.2) is 0 Å². The van der Waals surface area contributed by atoms with Crippen LogP contribution in [0, 0.1) is 6.92 Å². The molecule has 1 atom stereocenters. The van der Waals surface area contributed by atoms with Gasteiger partial charge in [-0.2, -0.15) is 12.6 Å². The zero-order valence-electron chi connectivity index (χ0n) is 24.6. The van der Waals surface area contributed by atoms with E-state index in [9.17, 15) is 0 Å². The first kappa shape index (κ1) is 33.3. The lowest BCUT2D eigenvalue weighted by molar-refractivity contribution is 0.560. The number of hydrogen-bond acceptors (Lipinski definition) is 3.